The minimum Gasteiger partial charge on any atom is -0.497 e. The predicted molar refractivity (Wildman–Crippen MR) is 98.3 cm³/mol. The van der Waals surface area contributed by atoms with Gasteiger partial charge in [0.2, 0.25) is 5.91 Å². The van der Waals surface area contributed by atoms with Crippen LogP contribution in [0.2, 0.25) is 0 Å². The summed E-state index contributed by atoms with van der Waals surface area (Å²) in [4.78, 5) is 12.5. The van der Waals surface area contributed by atoms with E-state index < -0.39 is 0 Å². The molecule has 0 bridgehead atoms. The topological polar surface area (TPSA) is 47.6 Å². The summed E-state index contributed by atoms with van der Waals surface area (Å²) in [5.41, 5.74) is 4.80. The minimum atomic E-state index is -0.160. The number of carbonyl (C=O) groups excluding carboxylic acids is 1. The molecule has 25 heavy (non-hydrogen) atoms. The molecule has 0 radical (unpaired) electrons. The highest BCUT2D eigenvalue weighted by Gasteiger charge is 2.17. The lowest BCUT2D eigenvalue weighted by atomic mass is 10.0. The van der Waals surface area contributed by atoms with Crippen molar-refractivity contribution in [1.29, 1.82) is 0 Å². The first-order valence-electron chi connectivity index (χ1n) is 8.72. The molecule has 1 amide bonds. The second-order valence-corrected chi connectivity index (χ2v) is 6.53. The summed E-state index contributed by atoms with van der Waals surface area (Å²) in [7, 11) is 3.26. The van der Waals surface area contributed by atoms with E-state index in [1.807, 2.05) is 25.1 Å². The number of ether oxygens (including phenoxy) is 2. The van der Waals surface area contributed by atoms with E-state index in [1.54, 1.807) is 14.2 Å². The van der Waals surface area contributed by atoms with Crippen LogP contribution in [0.3, 0.4) is 0 Å². The third kappa shape index (κ3) is 3.95. The van der Waals surface area contributed by atoms with Crippen molar-refractivity contribution in [3.63, 3.8) is 0 Å². The number of carbonyl (C=O) groups is 1. The zero-order valence-electron chi connectivity index (χ0n) is 15.1. The molecule has 1 atom stereocenters. The van der Waals surface area contributed by atoms with Crippen LogP contribution in [0.4, 0.5) is 0 Å². The quantitative estimate of drug-likeness (QED) is 0.874. The zero-order valence-corrected chi connectivity index (χ0v) is 15.1. The Labute approximate surface area is 149 Å². The molecule has 4 nitrogen and oxygen atoms in total. The summed E-state index contributed by atoms with van der Waals surface area (Å²) >= 11 is 0. The summed E-state index contributed by atoms with van der Waals surface area (Å²) in [5.74, 6) is 1.50. The summed E-state index contributed by atoms with van der Waals surface area (Å²) < 4.78 is 10.7. The van der Waals surface area contributed by atoms with Gasteiger partial charge >= 0.3 is 0 Å². The van der Waals surface area contributed by atoms with Gasteiger partial charge in [0, 0.05) is 5.56 Å². The van der Waals surface area contributed by atoms with Crippen molar-refractivity contribution in [2.75, 3.05) is 14.2 Å². The molecule has 2 aromatic rings. The van der Waals surface area contributed by atoms with Gasteiger partial charge in [-0.2, -0.15) is 0 Å². The highest BCUT2D eigenvalue weighted by molar-refractivity contribution is 5.79. The molecule has 0 aromatic heterocycles. The maximum absolute atomic E-state index is 12.5. The molecular formula is C21H25NO3. The molecule has 0 saturated heterocycles. The maximum Gasteiger partial charge on any atom is 0.224 e. The van der Waals surface area contributed by atoms with Crippen LogP contribution >= 0.6 is 0 Å². The van der Waals surface area contributed by atoms with Crippen LogP contribution < -0.4 is 14.8 Å². The Morgan fingerprint density at radius 2 is 1.88 bits per heavy atom. The Kier molecular flexibility index (Phi) is 5.27. The first-order valence-corrected chi connectivity index (χ1v) is 8.72. The monoisotopic (exact) mass is 339 g/mol. The molecular weight excluding hydrogens is 314 g/mol. The first-order chi connectivity index (χ1) is 12.1. The Balaban J connectivity index is 1.68. The summed E-state index contributed by atoms with van der Waals surface area (Å²) in [5, 5.41) is 3.06. The number of amides is 1. The number of hydrogen-bond acceptors (Lipinski definition) is 3. The number of hydrogen-bond donors (Lipinski definition) is 1. The lowest BCUT2D eigenvalue weighted by Crippen LogP contribution is -2.28. The number of aryl methyl sites for hydroxylation is 2. The van der Waals surface area contributed by atoms with E-state index >= 15 is 0 Å². The smallest absolute Gasteiger partial charge is 0.224 e. The molecule has 2 aromatic carbocycles. The van der Waals surface area contributed by atoms with E-state index in [2.05, 4.69) is 23.5 Å². The highest BCUT2D eigenvalue weighted by Crippen LogP contribution is 2.29. The molecule has 0 spiro atoms. The second-order valence-electron chi connectivity index (χ2n) is 6.53. The zero-order chi connectivity index (χ0) is 17.8. The van der Waals surface area contributed by atoms with Crippen molar-refractivity contribution in [2.45, 2.75) is 38.6 Å². The normalized spacial score (nSPS) is 13.9. The van der Waals surface area contributed by atoms with E-state index in [-0.39, 0.29) is 11.9 Å². The van der Waals surface area contributed by atoms with Gasteiger partial charge in [-0.25, -0.2) is 0 Å². The van der Waals surface area contributed by atoms with Crippen molar-refractivity contribution in [3.05, 3.63) is 58.7 Å². The molecule has 0 unspecified atom stereocenters. The molecule has 1 aliphatic rings. The van der Waals surface area contributed by atoms with Crippen LogP contribution in [0.25, 0.3) is 0 Å². The molecule has 0 aliphatic heterocycles. The number of rotatable bonds is 6. The fraction of sp³-hybridized carbons (Fsp3) is 0.381. The highest BCUT2D eigenvalue weighted by atomic mass is 16.5. The Morgan fingerprint density at radius 1 is 1.08 bits per heavy atom. The molecule has 0 saturated carbocycles. The van der Waals surface area contributed by atoms with Gasteiger partial charge in [-0.15, -0.1) is 0 Å². The molecule has 1 aliphatic carbocycles. The third-order valence-corrected chi connectivity index (χ3v) is 4.81. The number of benzene rings is 2. The van der Waals surface area contributed by atoms with Crippen molar-refractivity contribution in [1.82, 2.24) is 5.32 Å². The predicted octanol–water partition coefficient (Wildman–Crippen LogP) is 3.61. The average Bonchev–Trinajstić information content (AvgIpc) is 3.08. The van der Waals surface area contributed by atoms with Gasteiger partial charge in [0.15, 0.2) is 0 Å². The van der Waals surface area contributed by atoms with Crippen molar-refractivity contribution in [2.24, 2.45) is 0 Å². The SMILES string of the molecule is COc1ccc(OC)c([C@H](C)NC(=O)Cc2ccc3c(c2)CCC3)c1. The van der Waals surface area contributed by atoms with E-state index in [9.17, 15) is 4.79 Å². The number of nitrogens with one attached hydrogen (secondary N) is 1. The largest absolute Gasteiger partial charge is 0.497 e. The van der Waals surface area contributed by atoms with Gasteiger partial charge in [0.05, 0.1) is 26.7 Å². The maximum atomic E-state index is 12.5. The first kappa shape index (κ1) is 17.3. The second kappa shape index (κ2) is 7.60. The summed E-state index contributed by atoms with van der Waals surface area (Å²) in [6.07, 6.45) is 3.90. The van der Waals surface area contributed by atoms with Gasteiger partial charge in [0.25, 0.3) is 0 Å². The fourth-order valence-electron chi connectivity index (χ4n) is 3.47. The fourth-order valence-corrected chi connectivity index (χ4v) is 3.47. The standard InChI is InChI=1S/C21H25NO3/c1-14(19-13-18(24-2)9-10-20(19)25-3)22-21(23)12-15-7-8-16-5-4-6-17(16)11-15/h7-11,13-14H,4-6,12H2,1-3H3,(H,22,23)/t14-/m0/s1. The van der Waals surface area contributed by atoms with Gasteiger partial charge in [0.1, 0.15) is 11.5 Å². The number of methoxy groups -OCH3 is 2. The lowest BCUT2D eigenvalue weighted by Gasteiger charge is -2.18. The molecule has 0 heterocycles. The molecule has 0 fully saturated rings. The summed E-state index contributed by atoms with van der Waals surface area (Å²) in [6.45, 7) is 1.96. The van der Waals surface area contributed by atoms with Crippen molar-refractivity contribution >= 4 is 5.91 Å². The third-order valence-electron chi connectivity index (χ3n) is 4.81. The van der Waals surface area contributed by atoms with E-state index in [1.165, 1.54) is 17.5 Å². The van der Waals surface area contributed by atoms with Crippen LogP contribution in [0.5, 0.6) is 11.5 Å². The van der Waals surface area contributed by atoms with E-state index in [0.29, 0.717) is 6.42 Å². The van der Waals surface area contributed by atoms with Gasteiger partial charge in [-0.05, 0) is 61.1 Å². The Morgan fingerprint density at radius 3 is 2.64 bits per heavy atom. The van der Waals surface area contributed by atoms with Gasteiger partial charge in [-0.3, -0.25) is 4.79 Å². The average molecular weight is 339 g/mol. The van der Waals surface area contributed by atoms with Crippen LogP contribution in [0, 0.1) is 0 Å². The van der Waals surface area contributed by atoms with Crippen LogP contribution in [0.15, 0.2) is 36.4 Å². The van der Waals surface area contributed by atoms with Crippen molar-refractivity contribution in [3.8, 4) is 11.5 Å². The van der Waals surface area contributed by atoms with Crippen molar-refractivity contribution < 1.29 is 14.3 Å². The minimum absolute atomic E-state index is 0.00956. The molecule has 1 N–H and O–H groups in total. The van der Waals surface area contributed by atoms with E-state index in [4.69, 9.17) is 9.47 Å². The van der Waals surface area contributed by atoms with E-state index in [0.717, 1.165) is 35.5 Å². The van der Waals surface area contributed by atoms with Gasteiger partial charge in [-0.1, -0.05) is 18.2 Å². The van der Waals surface area contributed by atoms with Crippen LogP contribution in [-0.4, -0.2) is 20.1 Å². The molecule has 4 heteroatoms. The summed E-state index contributed by atoms with van der Waals surface area (Å²) in [6, 6.07) is 11.9. The van der Waals surface area contributed by atoms with Crippen LogP contribution in [0.1, 0.15) is 41.6 Å². The molecule has 132 valence electrons. The Hall–Kier alpha value is -2.49. The van der Waals surface area contributed by atoms with Crippen LogP contribution in [-0.2, 0) is 24.1 Å². The van der Waals surface area contributed by atoms with Gasteiger partial charge < -0.3 is 14.8 Å². The Bertz CT molecular complexity index is 770. The lowest BCUT2D eigenvalue weighted by molar-refractivity contribution is -0.121. The molecule has 3 rings (SSSR count). The number of fused-ring (bicyclic) bond motifs is 1.